The minimum Gasteiger partial charge on any atom is -0.494 e. The number of ether oxygens (including phenoxy) is 2. The zero-order valence-corrected chi connectivity index (χ0v) is 12.2. The Hall–Kier alpha value is -2.20. The maximum absolute atomic E-state index is 6.06. The van der Waals surface area contributed by atoms with Crippen molar-refractivity contribution >= 4 is 5.69 Å². The van der Waals surface area contributed by atoms with Gasteiger partial charge >= 0.3 is 0 Å². The van der Waals surface area contributed by atoms with Gasteiger partial charge in [0.2, 0.25) is 0 Å². The summed E-state index contributed by atoms with van der Waals surface area (Å²) in [4.78, 5) is 2.31. The summed E-state index contributed by atoms with van der Waals surface area (Å²) >= 11 is 0. The molecule has 0 saturated carbocycles. The largest absolute Gasteiger partial charge is 0.494 e. The molecule has 1 heterocycles. The van der Waals surface area contributed by atoms with E-state index in [0.29, 0.717) is 0 Å². The number of rotatable bonds is 4. The van der Waals surface area contributed by atoms with Crippen LogP contribution in [0.5, 0.6) is 17.2 Å². The maximum atomic E-state index is 6.06. The number of hydrogen-bond acceptors (Lipinski definition) is 4. The summed E-state index contributed by atoms with van der Waals surface area (Å²) < 4.78 is 11.6. The number of anilines is 1. The Labute approximate surface area is 125 Å². The maximum Gasteiger partial charge on any atom is 0.154 e. The molecule has 0 unspecified atom stereocenters. The molecule has 0 radical (unpaired) electrons. The molecule has 1 saturated heterocycles. The molecule has 4 nitrogen and oxygen atoms in total. The van der Waals surface area contributed by atoms with Crippen LogP contribution in [-0.4, -0.2) is 33.3 Å². The highest BCUT2D eigenvalue weighted by atomic mass is 16.5. The molecule has 1 fully saturated rings. The Kier molecular flexibility index (Phi) is 4.26. The lowest BCUT2D eigenvalue weighted by Gasteiger charge is -2.31. The molecule has 1 aliphatic heterocycles. The summed E-state index contributed by atoms with van der Waals surface area (Å²) in [6, 6.07) is 15.8. The van der Waals surface area contributed by atoms with Gasteiger partial charge < -0.3 is 19.7 Å². The molecule has 4 heteroatoms. The second-order valence-electron chi connectivity index (χ2n) is 4.96. The van der Waals surface area contributed by atoms with Gasteiger partial charge in [-0.05, 0) is 24.3 Å². The van der Waals surface area contributed by atoms with Gasteiger partial charge in [-0.25, -0.2) is 0 Å². The minimum atomic E-state index is 0.835. The van der Waals surface area contributed by atoms with Crippen LogP contribution in [0.25, 0.3) is 0 Å². The number of piperazine rings is 1. The molecular formula is C17H20N2O2. The van der Waals surface area contributed by atoms with Crippen molar-refractivity contribution in [1.29, 1.82) is 0 Å². The average Bonchev–Trinajstić information content (AvgIpc) is 2.56. The van der Waals surface area contributed by atoms with E-state index in [1.165, 1.54) is 0 Å². The molecule has 0 bridgehead atoms. The van der Waals surface area contributed by atoms with Crippen molar-refractivity contribution in [3.63, 3.8) is 0 Å². The van der Waals surface area contributed by atoms with Crippen molar-refractivity contribution in [2.75, 3.05) is 38.2 Å². The number of hydrogen-bond donors (Lipinski definition) is 1. The first-order chi connectivity index (χ1) is 10.4. The van der Waals surface area contributed by atoms with Gasteiger partial charge in [0.05, 0.1) is 7.11 Å². The zero-order valence-electron chi connectivity index (χ0n) is 12.2. The van der Waals surface area contributed by atoms with E-state index >= 15 is 0 Å². The molecule has 0 aliphatic carbocycles. The van der Waals surface area contributed by atoms with Crippen molar-refractivity contribution in [3.8, 4) is 17.2 Å². The van der Waals surface area contributed by atoms with Crippen molar-refractivity contribution in [2.45, 2.75) is 0 Å². The lowest BCUT2D eigenvalue weighted by atomic mass is 10.2. The number of nitrogens with one attached hydrogen (secondary N) is 1. The number of para-hydroxylation sites is 2. The molecule has 2 aromatic carbocycles. The summed E-state index contributed by atoms with van der Waals surface area (Å²) in [6.07, 6.45) is 0. The van der Waals surface area contributed by atoms with Crippen molar-refractivity contribution < 1.29 is 9.47 Å². The molecule has 2 aromatic rings. The monoisotopic (exact) mass is 284 g/mol. The molecule has 21 heavy (non-hydrogen) atoms. The van der Waals surface area contributed by atoms with E-state index < -0.39 is 0 Å². The standard InChI is InChI=1S/C17H20N2O2/c1-20-15-8-5-9-16(21-14-6-3-2-4-7-14)17(15)19-12-10-18-11-13-19/h2-9,18H,10-13H2,1H3. The molecule has 0 atom stereocenters. The quantitative estimate of drug-likeness (QED) is 0.936. The van der Waals surface area contributed by atoms with Crippen LogP contribution in [0, 0.1) is 0 Å². The van der Waals surface area contributed by atoms with Gasteiger partial charge in [-0.1, -0.05) is 24.3 Å². The van der Waals surface area contributed by atoms with Crippen LogP contribution in [0.4, 0.5) is 5.69 Å². The highest BCUT2D eigenvalue weighted by Crippen LogP contribution is 2.40. The van der Waals surface area contributed by atoms with E-state index in [4.69, 9.17) is 9.47 Å². The predicted octanol–water partition coefficient (Wildman–Crippen LogP) is 2.90. The Morgan fingerprint density at radius 2 is 1.62 bits per heavy atom. The lowest BCUT2D eigenvalue weighted by Crippen LogP contribution is -2.43. The van der Waals surface area contributed by atoms with E-state index in [0.717, 1.165) is 49.1 Å². The van der Waals surface area contributed by atoms with E-state index in [9.17, 15) is 0 Å². The number of benzene rings is 2. The van der Waals surface area contributed by atoms with Gasteiger partial charge in [-0.15, -0.1) is 0 Å². The number of nitrogens with zero attached hydrogens (tertiary/aromatic N) is 1. The average molecular weight is 284 g/mol. The molecule has 0 spiro atoms. The fraction of sp³-hybridized carbons (Fsp3) is 0.294. The minimum absolute atomic E-state index is 0.835. The smallest absolute Gasteiger partial charge is 0.154 e. The highest BCUT2D eigenvalue weighted by Gasteiger charge is 2.20. The summed E-state index contributed by atoms with van der Waals surface area (Å²) in [5.74, 6) is 2.52. The Bertz CT molecular complexity index is 581. The van der Waals surface area contributed by atoms with Crippen molar-refractivity contribution in [3.05, 3.63) is 48.5 Å². The van der Waals surface area contributed by atoms with Gasteiger partial charge in [-0.2, -0.15) is 0 Å². The van der Waals surface area contributed by atoms with Gasteiger partial charge in [0, 0.05) is 26.2 Å². The van der Waals surface area contributed by atoms with Crippen LogP contribution in [0.2, 0.25) is 0 Å². The van der Waals surface area contributed by atoms with Crippen molar-refractivity contribution in [1.82, 2.24) is 5.32 Å². The molecule has 3 rings (SSSR count). The summed E-state index contributed by atoms with van der Waals surface area (Å²) in [5, 5.41) is 3.37. The van der Waals surface area contributed by atoms with Crippen LogP contribution in [-0.2, 0) is 0 Å². The molecule has 0 amide bonds. The Balaban J connectivity index is 1.95. The molecular weight excluding hydrogens is 264 g/mol. The lowest BCUT2D eigenvalue weighted by molar-refractivity contribution is 0.406. The second kappa shape index (κ2) is 6.50. The van der Waals surface area contributed by atoms with E-state index in [2.05, 4.69) is 10.2 Å². The number of methoxy groups -OCH3 is 1. The van der Waals surface area contributed by atoms with Crippen molar-refractivity contribution in [2.24, 2.45) is 0 Å². The molecule has 110 valence electrons. The Morgan fingerprint density at radius 3 is 2.33 bits per heavy atom. The van der Waals surface area contributed by atoms with Gasteiger partial charge in [0.25, 0.3) is 0 Å². The molecule has 1 aliphatic rings. The second-order valence-corrected chi connectivity index (χ2v) is 4.96. The van der Waals surface area contributed by atoms with Crippen LogP contribution < -0.4 is 19.7 Å². The topological polar surface area (TPSA) is 33.7 Å². The van der Waals surface area contributed by atoms with E-state index in [1.54, 1.807) is 7.11 Å². The van der Waals surface area contributed by atoms with Crippen LogP contribution in [0.15, 0.2) is 48.5 Å². The SMILES string of the molecule is COc1cccc(Oc2ccccc2)c1N1CCNCC1. The fourth-order valence-corrected chi connectivity index (χ4v) is 2.56. The third kappa shape index (κ3) is 3.11. The van der Waals surface area contributed by atoms with E-state index in [1.807, 2.05) is 48.5 Å². The normalized spacial score (nSPS) is 14.8. The highest BCUT2D eigenvalue weighted by molar-refractivity contribution is 5.68. The molecule has 0 aromatic heterocycles. The first-order valence-electron chi connectivity index (χ1n) is 7.24. The van der Waals surface area contributed by atoms with E-state index in [-0.39, 0.29) is 0 Å². The van der Waals surface area contributed by atoms with Gasteiger partial charge in [0.1, 0.15) is 17.2 Å². The van der Waals surface area contributed by atoms with Crippen LogP contribution >= 0.6 is 0 Å². The fourth-order valence-electron chi connectivity index (χ4n) is 2.56. The zero-order chi connectivity index (χ0) is 14.5. The Morgan fingerprint density at radius 1 is 0.905 bits per heavy atom. The third-order valence-electron chi connectivity index (χ3n) is 3.59. The van der Waals surface area contributed by atoms with Gasteiger partial charge in [0.15, 0.2) is 5.75 Å². The first kappa shape index (κ1) is 13.8. The predicted molar refractivity (Wildman–Crippen MR) is 84.6 cm³/mol. The van der Waals surface area contributed by atoms with Gasteiger partial charge in [-0.3, -0.25) is 0 Å². The summed E-state index contributed by atoms with van der Waals surface area (Å²) in [5.41, 5.74) is 1.03. The summed E-state index contributed by atoms with van der Waals surface area (Å²) in [6.45, 7) is 3.85. The summed E-state index contributed by atoms with van der Waals surface area (Å²) in [7, 11) is 1.70. The molecule has 1 N–H and O–H groups in total. The van der Waals surface area contributed by atoms with Crippen LogP contribution in [0.3, 0.4) is 0 Å². The van der Waals surface area contributed by atoms with Crippen LogP contribution in [0.1, 0.15) is 0 Å². The first-order valence-corrected chi connectivity index (χ1v) is 7.24. The third-order valence-corrected chi connectivity index (χ3v) is 3.59.